The molecule has 0 fully saturated rings. The molecular weight excluding hydrogens is 929 g/mol. The van der Waals surface area contributed by atoms with Crippen LogP contribution in [0.4, 0.5) is 0 Å². The third kappa shape index (κ3) is 16.1. The van der Waals surface area contributed by atoms with E-state index in [0.717, 1.165) is 66.3 Å². The molecule has 1 N–H and O–H groups in total. The number of hydrogen-bond donors (Lipinski definition) is 1. The van der Waals surface area contributed by atoms with Gasteiger partial charge in [0.15, 0.2) is 0 Å². The minimum Gasteiger partial charge on any atom is -0.491 e. The van der Waals surface area contributed by atoms with Crippen molar-refractivity contribution in [1.29, 1.82) is 0 Å². The third-order valence-corrected chi connectivity index (χ3v) is 11.4. The lowest BCUT2D eigenvalue weighted by molar-refractivity contribution is 0.00361. The fraction of sp³-hybridized carbons (Fsp3) is 0.333. The highest BCUT2D eigenvalue weighted by Crippen LogP contribution is 2.34. The fourth-order valence-corrected chi connectivity index (χ4v) is 7.94. The van der Waals surface area contributed by atoms with Crippen molar-refractivity contribution in [3.63, 3.8) is 0 Å². The van der Waals surface area contributed by atoms with Crippen LogP contribution in [-0.4, -0.2) is 137 Å². The van der Waals surface area contributed by atoms with Crippen LogP contribution in [0.3, 0.4) is 0 Å². The number of benzene rings is 7. The summed E-state index contributed by atoms with van der Waals surface area (Å²) in [7, 11) is 0. The molecule has 7 aromatic rings. The maximum absolute atomic E-state index is 8.75. The van der Waals surface area contributed by atoms with Gasteiger partial charge in [-0.3, -0.25) is 0 Å². The molecule has 0 saturated carbocycles. The van der Waals surface area contributed by atoms with Crippen molar-refractivity contribution in [3.8, 4) is 52.4 Å². The number of hydrogen-bond acceptors (Lipinski definition) is 13. The summed E-state index contributed by atoms with van der Waals surface area (Å²) in [6.45, 7) is 7.69. The molecule has 13 nitrogen and oxygen atoms in total. The van der Waals surface area contributed by atoms with Gasteiger partial charge < -0.3 is 61.9 Å². The first kappa shape index (κ1) is 52.4. The van der Waals surface area contributed by atoms with E-state index in [0.29, 0.717) is 143 Å². The average Bonchev–Trinajstić information content (AvgIpc) is 3.42. The van der Waals surface area contributed by atoms with Gasteiger partial charge in [0.2, 0.25) is 0 Å². The zero-order valence-electron chi connectivity index (χ0n) is 41.1. The van der Waals surface area contributed by atoms with Crippen LogP contribution in [0.5, 0.6) is 28.7 Å². The molecule has 6 bridgehead atoms. The first-order chi connectivity index (χ1) is 36.2. The largest absolute Gasteiger partial charge is 0.491 e. The molecule has 9 rings (SSSR count). The van der Waals surface area contributed by atoms with E-state index in [4.69, 9.17) is 61.9 Å². The van der Waals surface area contributed by atoms with Crippen LogP contribution < -0.4 is 23.7 Å². The van der Waals surface area contributed by atoms with Gasteiger partial charge in [-0.25, -0.2) is 0 Å². The van der Waals surface area contributed by atoms with Gasteiger partial charge in [-0.15, -0.1) is 0 Å². The van der Waals surface area contributed by atoms with Crippen molar-refractivity contribution < 1.29 is 61.9 Å². The molecule has 2 aliphatic heterocycles. The van der Waals surface area contributed by atoms with Gasteiger partial charge >= 0.3 is 0 Å². The van der Waals surface area contributed by atoms with E-state index in [1.165, 1.54) is 0 Å². The SMILES string of the molecule is OCCOCCOCCOCCOc1ccc(C#Cc2c3ccccc3c(C#Cc3cc4ccc3OCCOCCOCCOc3cccc5c(cccc35)OCCOCCOCCO4)c3ccccc23)cc1. The molecule has 2 aliphatic rings. The monoisotopic (exact) mass is 990 g/mol. The molecule has 0 aromatic heterocycles. The number of rotatable bonds is 12. The van der Waals surface area contributed by atoms with E-state index in [1.54, 1.807) is 0 Å². The first-order valence-electron chi connectivity index (χ1n) is 24.8. The lowest BCUT2D eigenvalue weighted by Crippen LogP contribution is -2.14. The van der Waals surface area contributed by atoms with E-state index < -0.39 is 0 Å². The third-order valence-electron chi connectivity index (χ3n) is 11.4. The van der Waals surface area contributed by atoms with Crippen LogP contribution in [0, 0.1) is 23.7 Å². The molecule has 0 saturated heterocycles. The maximum atomic E-state index is 8.75. The summed E-state index contributed by atoms with van der Waals surface area (Å²) in [6, 6.07) is 41.8. The Morgan fingerprint density at radius 2 is 0.808 bits per heavy atom. The molecule has 0 radical (unpaired) electrons. The molecular formula is C60H62O13. The zero-order valence-corrected chi connectivity index (χ0v) is 41.1. The van der Waals surface area contributed by atoms with E-state index in [2.05, 4.69) is 47.9 Å². The first-order valence-corrected chi connectivity index (χ1v) is 24.8. The van der Waals surface area contributed by atoms with E-state index >= 15 is 0 Å². The molecule has 13 heteroatoms. The highest BCUT2D eigenvalue weighted by Gasteiger charge is 2.13. The minimum atomic E-state index is 0.00521. The summed E-state index contributed by atoms with van der Waals surface area (Å²) in [6.07, 6.45) is 0. The van der Waals surface area contributed by atoms with Gasteiger partial charge in [-0.1, -0.05) is 96.5 Å². The van der Waals surface area contributed by atoms with Gasteiger partial charge in [-0.2, -0.15) is 0 Å². The molecule has 0 aliphatic carbocycles. The molecule has 0 spiro atoms. The Balaban J connectivity index is 0.923. The van der Waals surface area contributed by atoms with Crippen LogP contribution in [0.15, 0.2) is 127 Å². The molecule has 380 valence electrons. The summed E-state index contributed by atoms with van der Waals surface area (Å²) in [4.78, 5) is 0. The topological polar surface area (TPSA) is 131 Å². The molecule has 73 heavy (non-hydrogen) atoms. The van der Waals surface area contributed by atoms with Crippen LogP contribution in [0.2, 0.25) is 0 Å². The Hall–Kier alpha value is -6.88. The molecule has 2 heterocycles. The van der Waals surface area contributed by atoms with Crippen LogP contribution in [0.25, 0.3) is 32.3 Å². The van der Waals surface area contributed by atoms with E-state index in [9.17, 15) is 0 Å². The van der Waals surface area contributed by atoms with Crippen LogP contribution in [0.1, 0.15) is 22.3 Å². The summed E-state index contributed by atoms with van der Waals surface area (Å²) < 4.78 is 70.1. The van der Waals surface area contributed by atoms with Crippen molar-refractivity contribution in [2.45, 2.75) is 0 Å². The van der Waals surface area contributed by atoms with Gasteiger partial charge in [0.1, 0.15) is 61.8 Å². The number of fused-ring (bicyclic) bond motifs is 22. The van der Waals surface area contributed by atoms with Gasteiger partial charge in [-0.05, 0) is 76.1 Å². The predicted molar refractivity (Wildman–Crippen MR) is 281 cm³/mol. The molecule has 0 unspecified atom stereocenters. The Bertz CT molecular complexity index is 2880. The fourth-order valence-electron chi connectivity index (χ4n) is 7.94. The Morgan fingerprint density at radius 3 is 1.33 bits per heavy atom. The smallest absolute Gasteiger partial charge is 0.135 e. The minimum absolute atomic E-state index is 0.00521. The zero-order chi connectivity index (χ0) is 50.0. The van der Waals surface area contributed by atoms with Crippen molar-refractivity contribution in [3.05, 3.63) is 150 Å². The second-order valence-electron chi connectivity index (χ2n) is 16.4. The number of ether oxygens (including phenoxy) is 12. The maximum Gasteiger partial charge on any atom is 0.135 e. The highest BCUT2D eigenvalue weighted by atomic mass is 16.6. The molecule has 0 amide bonds. The lowest BCUT2D eigenvalue weighted by Gasteiger charge is -2.14. The van der Waals surface area contributed by atoms with Gasteiger partial charge in [0, 0.05) is 27.5 Å². The normalized spacial score (nSPS) is 14.3. The Kier molecular flexibility index (Phi) is 21.3. The number of aliphatic hydroxyl groups excluding tert-OH is 1. The summed E-state index contributed by atoms with van der Waals surface area (Å²) in [5.74, 6) is 17.4. The second kappa shape index (κ2) is 29.6. The van der Waals surface area contributed by atoms with Crippen LogP contribution in [-0.2, 0) is 33.2 Å². The predicted octanol–water partition coefficient (Wildman–Crippen LogP) is 8.66. The Labute approximate surface area is 427 Å². The average molecular weight is 991 g/mol. The van der Waals surface area contributed by atoms with Crippen molar-refractivity contribution in [2.24, 2.45) is 0 Å². The number of aliphatic hydroxyl groups is 1. The second-order valence-corrected chi connectivity index (χ2v) is 16.4. The quantitative estimate of drug-likeness (QED) is 0.0543. The van der Waals surface area contributed by atoms with E-state index in [1.807, 2.05) is 103 Å². The lowest BCUT2D eigenvalue weighted by atomic mass is 9.92. The summed E-state index contributed by atoms with van der Waals surface area (Å²) >= 11 is 0. The van der Waals surface area contributed by atoms with Crippen LogP contribution >= 0.6 is 0 Å². The van der Waals surface area contributed by atoms with Gasteiger partial charge in [0.25, 0.3) is 0 Å². The van der Waals surface area contributed by atoms with Crippen molar-refractivity contribution in [1.82, 2.24) is 0 Å². The summed E-state index contributed by atoms with van der Waals surface area (Å²) in [5, 5.41) is 14.7. The Morgan fingerprint density at radius 1 is 0.370 bits per heavy atom. The summed E-state index contributed by atoms with van der Waals surface area (Å²) in [5.41, 5.74) is 3.34. The van der Waals surface area contributed by atoms with Gasteiger partial charge in [0.05, 0.1) is 105 Å². The van der Waals surface area contributed by atoms with Crippen molar-refractivity contribution in [2.75, 3.05) is 132 Å². The standard InChI is InChI=1S/C60H62O13/c61-25-26-62-27-28-63-29-30-64-35-40-69-48-19-15-46(16-20-48)17-22-54-50-7-1-3-9-52(50)55(53-10-4-2-8-51(53)54)23-18-47-45-49-21-24-58(47)71-42-37-66-33-34-68-39-44-73-60-14-6-11-56-57(60)12-5-13-59(56)72-43-38-67-32-31-65-36-41-70-49/h1-16,19-21,24,45,61H,25-44H2. The molecule has 7 aromatic carbocycles. The molecule has 0 atom stereocenters. The highest BCUT2D eigenvalue weighted by molar-refractivity contribution is 6.10. The van der Waals surface area contributed by atoms with Crippen molar-refractivity contribution >= 4 is 32.3 Å². The van der Waals surface area contributed by atoms with E-state index in [-0.39, 0.29) is 6.61 Å².